The van der Waals surface area contributed by atoms with Crippen LogP contribution in [0, 0.1) is 0 Å². The Morgan fingerprint density at radius 3 is 2.57 bits per heavy atom. The van der Waals surface area contributed by atoms with Crippen LogP contribution in [-0.2, 0) is 4.79 Å². The summed E-state index contributed by atoms with van der Waals surface area (Å²) in [6.07, 6.45) is 4.59. The maximum absolute atomic E-state index is 10.6. The van der Waals surface area contributed by atoms with Gasteiger partial charge in [0.05, 0.1) is 12.5 Å². The van der Waals surface area contributed by atoms with Gasteiger partial charge in [-0.05, 0) is 17.7 Å². The minimum Gasteiger partial charge on any atom is -0.399 e. The maximum Gasteiger partial charge on any atom is 0.222 e. The predicted octanol–water partition coefficient (Wildman–Crippen LogP) is 1.17. The first-order valence-corrected chi connectivity index (χ1v) is 4.57. The highest BCUT2D eigenvalue weighted by molar-refractivity contribution is 5.84. The van der Waals surface area contributed by atoms with Gasteiger partial charge in [-0.3, -0.25) is 4.79 Å². The van der Waals surface area contributed by atoms with Gasteiger partial charge in [-0.15, -0.1) is 0 Å². The van der Waals surface area contributed by atoms with E-state index in [0.29, 0.717) is 6.42 Å². The number of amides is 1. The second kappa shape index (κ2) is 3.54. The molecule has 14 heavy (non-hydrogen) atoms. The van der Waals surface area contributed by atoms with Crippen molar-refractivity contribution in [2.45, 2.75) is 12.5 Å². The number of carbonyl (C=O) groups is 1. The summed E-state index contributed by atoms with van der Waals surface area (Å²) < 4.78 is 0. The van der Waals surface area contributed by atoms with Crippen molar-refractivity contribution in [2.75, 3.05) is 5.73 Å². The van der Waals surface area contributed by atoms with Gasteiger partial charge in [0, 0.05) is 5.69 Å². The van der Waals surface area contributed by atoms with E-state index in [1.165, 1.54) is 0 Å². The fraction of sp³-hybridized carbons (Fsp3) is 0.182. The number of nitrogens with two attached hydrogens (primary N) is 1. The number of benzene rings is 1. The molecule has 2 rings (SSSR count). The van der Waals surface area contributed by atoms with Crippen LogP contribution in [0.25, 0.3) is 6.08 Å². The molecule has 0 saturated carbocycles. The summed E-state index contributed by atoms with van der Waals surface area (Å²) in [4.78, 5) is 10.6. The average molecular weight is 188 g/mol. The number of β-lactam (4-membered cyclic amide) rings is 1. The second-order valence-corrected chi connectivity index (χ2v) is 3.40. The molecular formula is C11H12N2O. The van der Waals surface area contributed by atoms with E-state index in [1.54, 1.807) is 0 Å². The Labute approximate surface area is 82.6 Å². The molecule has 0 radical (unpaired) electrons. The van der Waals surface area contributed by atoms with Crippen LogP contribution < -0.4 is 11.1 Å². The van der Waals surface area contributed by atoms with E-state index in [1.807, 2.05) is 36.4 Å². The van der Waals surface area contributed by atoms with Gasteiger partial charge >= 0.3 is 0 Å². The highest BCUT2D eigenvalue weighted by Crippen LogP contribution is 2.10. The molecule has 0 spiro atoms. The van der Waals surface area contributed by atoms with Crippen LogP contribution in [0.5, 0.6) is 0 Å². The molecule has 3 nitrogen and oxygen atoms in total. The molecule has 3 N–H and O–H groups in total. The van der Waals surface area contributed by atoms with Crippen molar-refractivity contribution in [3.8, 4) is 0 Å². The summed E-state index contributed by atoms with van der Waals surface area (Å²) in [6, 6.07) is 7.83. The monoisotopic (exact) mass is 188 g/mol. The molecule has 1 heterocycles. The minimum absolute atomic E-state index is 0.122. The molecule has 0 aromatic heterocycles. The topological polar surface area (TPSA) is 55.1 Å². The summed E-state index contributed by atoms with van der Waals surface area (Å²) >= 11 is 0. The first-order chi connectivity index (χ1) is 6.74. The average Bonchev–Trinajstić information content (AvgIpc) is 2.13. The molecule has 3 heteroatoms. The van der Waals surface area contributed by atoms with Gasteiger partial charge in [-0.1, -0.05) is 24.3 Å². The highest BCUT2D eigenvalue weighted by Gasteiger charge is 2.21. The van der Waals surface area contributed by atoms with Crippen LogP contribution in [0.2, 0.25) is 0 Å². The van der Waals surface area contributed by atoms with Crippen molar-refractivity contribution in [1.82, 2.24) is 5.32 Å². The van der Waals surface area contributed by atoms with Crippen LogP contribution in [0.3, 0.4) is 0 Å². The van der Waals surface area contributed by atoms with E-state index >= 15 is 0 Å². The zero-order valence-corrected chi connectivity index (χ0v) is 7.73. The molecule has 1 aliphatic heterocycles. The van der Waals surface area contributed by atoms with E-state index in [-0.39, 0.29) is 11.9 Å². The van der Waals surface area contributed by atoms with Crippen molar-refractivity contribution in [2.24, 2.45) is 0 Å². The quantitative estimate of drug-likeness (QED) is 0.540. The van der Waals surface area contributed by atoms with E-state index in [0.717, 1.165) is 11.3 Å². The molecule has 1 aromatic rings. The van der Waals surface area contributed by atoms with Crippen LogP contribution in [0.4, 0.5) is 5.69 Å². The third-order valence-electron chi connectivity index (χ3n) is 2.21. The molecule has 1 aliphatic rings. The van der Waals surface area contributed by atoms with Gasteiger partial charge in [-0.2, -0.15) is 0 Å². The van der Waals surface area contributed by atoms with Crippen molar-refractivity contribution >= 4 is 17.7 Å². The molecule has 0 aliphatic carbocycles. The fourth-order valence-corrected chi connectivity index (χ4v) is 1.34. The molecule has 1 unspecified atom stereocenters. The number of hydrogen-bond acceptors (Lipinski definition) is 2. The molecule has 72 valence electrons. The second-order valence-electron chi connectivity index (χ2n) is 3.40. The van der Waals surface area contributed by atoms with Gasteiger partial charge in [-0.25, -0.2) is 0 Å². The van der Waals surface area contributed by atoms with Gasteiger partial charge in [0.1, 0.15) is 0 Å². The first kappa shape index (κ1) is 8.81. The number of nitrogen functional groups attached to an aromatic ring is 1. The van der Waals surface area contributed by atoms with Gasteiger partial charge in [0.2, 0.25) is 5.91 Å². The third-order valence-corrected chi connectivity index (χ3v) is 2.21. The van der Waals surface area contributed by atoms with E-state index in [2.05, 4.69) is 5.32 Å². The van der Waals surface area contributed by atoms with E-state index in [4.69, 9.17) is 5.73 Å². The summed E-state index contributed by atoms with van der Waals surface area (Å²) in [5.41, 5.74) is 7.42. The lowest BCUT2D eigenvalue weighted by atomic mass is 10.0. The minimum atomic E-state index is 0.122. The molecule has 1 atom stereocenters. The molecule has 0 bridgehead atoms. The smallest absolute Gasteiger partial charge is 0.222 e. The van der Waals surface area contributed by atoms with Crippen LogP contribution >= 0.6 is 0 Å². The van der Waals surface area contributed by atoms with Crippen LogP contribution in [0.1, 0.15) is 12.0 Å². The van der Waals surface area contributed by atoms with E-state index in [9.17, 15) is 4.79 Å². The lowest BCUT2D eigenvalue weighted by Crippen LogP contribution is -2.46. The molecule has 1 aromatic carbocycles. The summed E-state index contributed by atoms with van der Waals surface area (Å²) in [5.74, 6) is 0.122. The van der Waals surface area contributed by atoms with Gasteiger partial charge in [0.25, 0.3) is 0 Å². The van der Waals surface area contributed by atoms with Gasteiger partial charge < -0.3 is 11.1 Å². The number of hydrogen-bond donors (Lipinski definition) is 2. The van der Waals surface area contributed by atoms with Crippen molar-refractivity contribution < 1.29 is 4.79 Å². The lowest BCUT2D eigenvalue weighted by Gasteiger charge is -2.23. The summed E-state index contributed by atoms with van der Waals surface area (Å²) in [7, 11) is 0. The number of rotatable bonds is 2. The Kier molecular flexibility index (Phi) is 2.23. The molecule has 1 saturated heterocycles. The molecule has 1 fully saturated rings. The first-order valence-electron chi connectivity index (χ1n) is 4.57. The van der Waals surface area contributed by atoms with E-state index < -0.39 is 0 Å². The van der Waals surface area contributed by atoms with Crippen molar-refractivity contribution in [1.29, 1.82) is 0 Å². The Bertz CT molecular complexity index is 359. The standard InChI is InChI=1S/C11H12N2O/c12-9-4-1-8(2-5-9)3-6-10-7-11(14)13-10/h1-6,10H,7,12H2,(H,13,14)/b6-3+. The van der Waals surface area contributed by atoms with Crippen LogP contribution in [0.15, 0.2) is 30.3 Å². The largest absolute Gasteiger partial charge is 0.399 e. The Morgan fingerprint density at radius 1 is 1.36 bits per heavy atom. The number of anilines is 1. The zero-order valence-electron chi connectivity index (χ0n) is 7.73. The lowest BCUT2D eigenvalue weighted by molar-refractivity contribution is -0.127. The maximum atomic E-state index is 10.6. The third kappa shape index (κ3) is 1.93. The summed E-state index contributed by atoms with van der Waals surface area (Å²) in [6.45, 7) is 0. The zero-order chi connectivity index (χ0) is 9.97. The van der Waals surface area contributed by atoms with Crippen LogP contribution in [-0.4, -0.2) is 11.9 Å². The fourth-order valence-electron chi connectivity index (χ4n) is 1.34. The SMILES string of the molecule is Nc1ccc(/C=C/C2CC(=O)N2)cc1. The summed E-state index contributed by atoms with van der Waals surface area (Å²) in [5, 5.41) is 2.77. The Morgan fingerprint density at radius 2 is 2.00 bits per heavy atom. The number of carbonyl (C=O) groups excluding carboxylic acids is 1. The Balaban J connectivity index is 1.97. The van der Waals surface area contributed by atoms with Crippen molar-refractivity contribution in [3.63, 3.8) is 0 Å². The Hall–Kier alpha value is -1.77. The predicted molar refractivity (Wildman–Crippen MR) is 56.4 cm³/mol. The normalized spacial score (nSPS) is 20.6. The van der Waals surface area contributed by atoms with Gasteiger partial charge in [0.15, 0.2) is 0 Å². The highest BCUT2D eigenvalue weighted by atomic mass is 16.2. The molecular weight excluding hydrogens is 176 g/mol. The van der Waals surface area contributed by atoms with Crippen molar-refractivity contribution in [3.05, 3.63) is 35.9 Å². The molecule has 1 amide bonds. The number of nitrogens with one attached hydrogen (secondary N) is 1.